The van der Waals surface area contributed by atoms with Crippen molar-refractivity contribution in [2.24, 2.45) is 34.3 Å². The molecule has 3 fully saturated rings. The van der Waals surface area contributed by atoms with Gasteiger partial charge >= 0.3 is 6.03 Å². The average molecular weight is 506 g/mol. The number of rotatable bonds is 9. The monoisotopic (exact) mass is 505 g/mol. The number of nitrogens with two attached hydrogens (primary N) is 1. The Bertz CT molecular complexity index is 920. The highest BCUT2D eigenvalue weighted by Gasteiger charge is 2.69. The molecule has 0 aromatic rings. The number of nitrogens with one attached hydrogen (secondary N) is 3. The summed E-state index contributed by atoms with van der Waals surface area (Å²) >= 11 is 0. The number of fused-ring (bicyclic) bond motifs is 1. The Labute approximate surface area is 213 Å². The molecule has 1 heterocycles. The van der Waals surface area contributed by atoms with Gasteiger partial charge in [0.1, 0.15) is 12.1 Å². The van der Waals surface area contributed by atoms with Gasteiger partial charge in [-0.1, -0.05) is 53.9 Å². The van der Waals surface area contributed by atoms with Crippen LogP contribution in [0.4, 0.5) is 4.79 Å². The molecule has 0 aromatic carbocycles. The van der Waals surface area contributed by atoms with Crippen LogP contribution in [0.1, 0.15) is 74.1 Å². The maximum atomic E-state index is 13.8. The Morgan fingerprint density at radius 2 is 1.64 bits per heavy atom. The van der Waals surface area contributed by atoms with Gasteiger partial charge in [0.25, 0.3) is 5.91 Å². The highest BCUT2D eigenvalue weighted by Crippen LogP contribution is 2.65. The van der Waals surface area contributed by atoms with Crippen molar-refractivity contribution in [3.05, 3.63) is 0 Å². The molecule has 5 N–H and O–H groups in total. The van der Waals surface area contributed by atoms with E-state index in [9.17, 15) is 24.0 Å². The van der Waals surface area contributed by atoms with E-state index in [0.717, 1.165) is 19.3 Å². The molecule has 0 radical (unpaired) electrons. The summed E-state index contributed by atoms with van der Waals surface area (Å²) in [6, 6.07) is -3.19. The number of carbonyl (C=O) groups is 5. The van der Waals surface area contributed by atoms with Crippen LogP contribution in [0.25, 0.3) is 0 Å². The smallest absolute Gasteiger partial charge is 0.315 e. The highest BCUT2D eigenvalue weighted by molar-refractivity contribution is 6.37. The summed E-state index contributed by atoms with van der Waals surface area (Å²) in [5.41, 5.74) is 4.54. The van der Waals surface area contributed by atoms with Gasteiger partial charge in [0.15, 0.2) is 0 Å². The van der Waals surface area contributed by atoms with E-state index in [4.69, 9.17) is 5.73 Å². The van der Waals surface area contributed by atoms with Gasteiger partial charge in [0.2, 0.25) is 17.6 Å². The van der Waals surface area contributed by atoms with Gasteiger partial charge in [0.05, 0.1) is 6.04 Å². The number of hydrogen-bond acceptors (Lipinski definition) is 5. The molecule has 202 valence electrons. The third-order valence-electron chi connectivity index (χ3n) is 8.24. The van der Waals surface area contributed by atoms with E-state index in [1.165, 1.54) is 0 Å². The summed E-state index contributed by atoms with van der Waals surface area (Å²) < 4.78 is 0. The molecule has 2 saturated carbocycles. The number of urea groups is 1. The molecule has 1 aliphatic heterocycles. The van der Waals surface area contributed by atoms with Crippen LogP contribution < -0.4 is 21.7 Å². The lowest BCUT2D eigenvalue weighted by Gasteiger charge is -2.38. The van der Waals surface area contributed by atoms with E-state index >= 15 is 0 Å². The minimum absolute atomic E-state index is 0.0698. The van der Waals surface area contributed by atoms with E-state index < -0.39 is 47.2 Å². The fourth-order valence-electron chi connectivity index (χ4n) is 5.78. The number of carbonyl (C=O) groups excluding carboxylic acids is 5. The zero-order valence-electron chi connectivity index (χ0n) is 22.6. The molecule has 0 bridgehead atoms. The van der Waals surface area contributed by atoms with Gasteiger partial charge in [-0.15, -0.1) is 0 Å². The number of Topliss-reactive ketones (excluding diaryl/α,β-unsaturated/α-hetero) is 1. The lowest BCUT2D eigenvalue weighted by Crippen LogP contribution is -2.61. The molecule has 5 atom stereocenters. The molecule has 0 aromatic heterocycles. The summed E-state index contributed by atoms with van der Waals surface area (Å²) in [5.74, 6) is -2.33. The molecule has 3 rings (SSSR count). The second-order valence-electron chi connectivity index (χ2n) is 12.8. The molecule has 10 heteroatoms. The van der Waals surface area contributed by atoms with Crippen molar-refractivity contribution >= 4 is 29.5 Å². The molecular weight excluding hydrogens is 462 g/mol. The number of likely N-dealkylation sites (tertiary alicyclic amines) is 1. The molecule has 3 aliphatic rings. The Morgan fingerprint density at radius 3 is 2.11 bits per heavy atom. The normalized spacial score (nSPS) is 26.3. The number of amides is 5. The first kappa shape index (κ1) is 27.9. The van der Waals surface area contributed by atoms with Crippen molar-refractivity contribution in [1.29, 1.82) is 0 Å². The Kier molecular flexibility index (Phi) is 7.77. The van der Waals surface area contributed by atoms with Crippen LogP contribution in [0.3, 0.4) is 0 Å². The lowest BCUT2D eigenvalue weighted by atomic mass is 9.80. The van der Waals surface area contributed by atoms with E-state index in [2.05, 4.69) is 29.8 Å². The van der Waals surface area contributed by atoms with Crippen LogP contribution >= 0.6 is 0 Å². The standard InChI is InChI=1S/C26H43N5O5/c1-13(2)28-24(36)30-20(25(3,4)5)23(35)31-12-15-17(26(15,6)7)18(31)22(34)29-16(19(32)21(27)33)11-14-9-8-10-14/h13-18,20H,8-12H2,1-7H3,(H2,27,33)(H,29,34)(H2,28,30,36)/t15?,16?,17-,18?,20-/m1/s1. The molecule has 1 saturated heterocycles. The van der Waals surface area contributed by atoms with E-state index in [1.807, 2.05) is 34.6 Å². The predicted molar refractivity (Wildman–Crippen MR) is 134 cm³/mol. The molecular formula is C26H43N5O5. The maximum absolute atomic E-state index is 13.8. The summed E-state index contributed by atoms with van der Waals surface area (Å²) in [7, 11) is 0. The maximum Gasteiger partial charge on any atom is 0.315 e. The third-order valence-corrected chi connectivity index (χ3v) is 8.24. The van der Waals surface area contributed by atoms with Gasteiger partial charge in [-0.25, -0.2) is 4.79 Å². The molecule has 3 unspecified atom stereocenters. The van der Waals surface area contributed by atoms with Crippen molar-refractivity contribution in [1.82, 2.24) is 20.9 Å². The van der Waals surface area contributed by atoms with Gasteiger partial charge < -0.3 is 26.6 Å². The van der Waals surface area contributed by atoms with Crippen molar-refractivity contribution in [3.63, 3.8) is 0 Å². The van der Waals surface area contributed by atoms with E-state index in [0.29, 0.717) is 13.0 Å². The number of nitrogens with zero attached hydrogens (tertiary/aromatic N) is 1. The first-order valence-electron chi connectivity index (χ1n) is 13.1. The molecule has 5 amide bonds. The molecule has 2 aliphatic carbocycles. The van der Waals surface area contributed by atoms with Crippen LogP contribution in [-0.4, -0.2) is 65.1 Å². The van der Waals surface area contributed by atoms with Crippen LogP contribution in [0.5, 0.6) is 0 Å². The quantitative estimate of drug-likeness (QED) is 0.349. The average Bonchev–Trinajstić information content (AvgIpc) is 3.06. The molecule has 10 nitrogen and oxygen atoms in total. The predicted octanol–water partition coefficient (Wildman–Crippen LogP) is 1.32. The van der Waals surface area contributed by atoms with Crippen LogP contribution in [0, 0.1) is 28.6 Å². The summed E-state index contributed by atoms with van der Waals surface area (Å²) in [6.45, 7) is 13.8. The SMILES string of the molecule is CC(C)NC(=O)N[C@H](C(=O)N1CC2[C@H](C1C(=O)NC(CC1CCC1)C(=O)C(N)=O)C2(C)C)C(C)(C)C. The van der Waals surface area contributed by atoms with Gasteiger partial charge in [-0.3, -0.25) is 19.2 Å². The van der Waals surface area contributed by atoms with Crippen molar-refractivity contribution in [3.8, 4) is 0 Å². The number of piperidine rings is 1. The molecule has 36 heavy (non-hydrogen) atoms. The largest absolute Gasteiger partial charge is 0.363 e. The lowest BCUT2D eigenvalue weighted by molar-refractivity contribution is -0.145. The Morgan fingerprint density at radius 1 is 1.03 bits per heavy atom. The van der Waals surface area contributed by atoms with Crippen LogP contribution in [0.2, 0.25) is 0 Å². The van der Waals surface area contributed by atoms with Gasteiger partial charge in [0, 0.05) is 12.6 Å². The van der Waals surface area contributed by atoms with Gasteiger partial charge in [-0.2, -0.15) is 0 Å². The van der Waals surface area contributed by atoms with Crippen molar-refractivity contribution in [2.45, 2.75) is 98.3 Å². The zero-order chi connectivity index (χ0) is 27.2. The number of hydrogen-bond donors (Lipinski definition) is 4. The minimum Gasteiger partial charge on any atom is -0.363 e. The molecule has 0 spiro atoms. The van der Waals surface area contributed by atoms with Crippen molar-refractivity contribution < 1.29 is 24.0 Å². The first-order valence-corrected chi connectivity index (χ1v) is 13.1. The van der Waals surface area contributed by atoms with Gasteiger partial charge in [-0.05, 0) is 48.9 Å². The number of ketones is 1. The van der Waals surface area contributed by atoms with E-state index in [1.54, 1.807) is 4.90 Å². The second-order valence-corrected chi connectivity index (χ2v) is 12.8. The highest BCUT2D eigenvalue weighted by atomic mass is 16.2. The van der Waals surface area contributed by atoms with E-state index in [-0.39, 0.29) is 35.1 Å². The second kappa shape index (κ2) is 10.0. The fraction of sp³-hybridized carbons (Fsp3) is 0.808. The minimum atomic E-state index is -1.07. The Hall–Kier alpha value is -2.65. The zero-order valence-corrected chi connectivity index (χ0v) is 22.6. The van der Waals surface area contributed by atoms with Crippen molar-refractivity contribution in [2.75, 3.05) is 6.54 Å². The van der Waals surface area contributed by atoms with Crippen LogP contribution in [-0.2, 0) is 19.2 Å². The summed E-state index contributed by atoms with van der Waals surface area (Å²) in [4.78, 5) is 65.7. The van der Waals surface area contributed by atoms with Crippen LogP contribution in [0.15, 0.2) is 0 Å². The Balaban J connectivity index is 1.83. The third kappa shape index (κ3) is 5.67. The first-order chi connectivity index (χ1) is 16.6. The summed E-state index contributed by atoms with van der Waals surface area (Å²) in [5, 5.41) is 8.33. The fourth-order valence-corrected chi connectivity index (χ4v) is 5.78. The summed E-state index contributed by atoms with van der Waals surface area (Å²) in [6.07, 6.45) is 3.32. The topological polar surface area (TPSA) is 151 Å². The number of primary amides is 1.